The van der Waals surface area contributed by atoms with Crippen molar-refractivity contribution in [1.29, 1.82) is 0 Å². The van der Waals surface area contributed by atoms with Crippen LogP contribution in [0.4, 0.5) is 4.39 Å². The molecule has 1 unspecified atom stereocenters. The summed E-state index contributed by atoms with van der Waals surface area (Å²) in [4.78, 5) is 13.1. The van der Waals surface area contributed by atoms with Crippen LogP contribution in [-0.4, -0.2) is 35.1 Å². The molecule has 1 atom stereocenters. The maximum atomic E-state index is 13.4. The maximum absolute atomic E-state index is 13.4. The lowest BCUT2D eigenvalue weighted by Gasteiger charge is -2.33. The lowest BCUT2D eigenvalue weighted by Crippen LogP contribution is -2.42. The molecule has 6 heteroatoms. The standard InChI is InChI=1S/C14H18ClFN2O2/c15-11-2-1-9(7-12(11)16)8-18-5-3-10(4-6-18)13(19)14(17)20/h1-2,7,10,13,19H,3-6,8H2,(H2,17,20). The van der Waals surface area contributed by atoms with Gasteiger partial charge in [-0.25, -0.2) is 4.39 Å². The second-order valence-electron chi connectivity index (χ2n) is 5.21. The van der Waals surface area contributed by atoms with Gasteiger partial charge in [-0.1, -0.05) is 17.7 Å². The lowest BCUT2D eigenvalue weighted by molar-refractivity contribution is -0.129. The van der Waals surface area contributed by atoms with Gasteiger partial charge in [0.25, 0.3) is 0 Å². The molecular weight excluding hydrogens is 283 g/mol. The Bertz CT molecular complexity index is 490. The van der Waals surface area contributed by atoms with Crippen molar-refractivity contribution in [2.45, 2.75) is 25.5 Å². The number of primary amides is 1. The Morgan fingerprint density at radius 3 is 2.70 bits per heavy atom. The van der Waals surface area contributed by atoms with Gasteiger partial charge in [0.05, 0.1) is 5.02 Å². The maximum Gasteiger partial charge on any atom is 0.246 e. The summed E-state index contributed by atoms with van der Waals surface area (Å²) in [5.74, 6) is -1.16. The molecular formula is C14H18ClFN2O2. The first-order valence-electron chi connectivity index (χ1n) is 6.61. The molecule has 1 aromatic rings. The number of aliphatic hydroxyl groups excluding tert-OH is 1. The SMILES string of the molecule is NC(=O)C(O)C1CCN(Cc2ccc(Cl)c(F)c2)CC1. The van der Waals surface area contributed by atoms with Crippen LogP contribution >= 0.6 is 11.6 Å². The van der Waals surface area contributed by atoms with Crippen LogP contribution in [0.25, 0.3) is 0 Å². The number of aliphatic hydroxyl groups is 1. The molecule has 0 spiro atoms. The number of nitrogens with two attached hydrogens (primary N) is 1. The Labute approximate surface area is 122 Å². The molecule has 3 N–H and O–H groups in total. The Hall–Kier alpha value is -1.17. The van der Waals surface area contributed by atoms with Crippen LogP contribution in [0.15, 0.2) is 18.2 Å². The monoisotopic (exact) mass is 300 g/mol. The molecule has 4 nitrogen and oxygen atoms in total. The third kappa shape index (κ3) is 3.69. The number of piperidine rings is 1. The summed E-state index contributed by atoms with van der Waals surface area (Å²) in [6, 6.07) is 4.79. The van der Waals surface area contributed by atoms with Crippen LogP contribution in [-0.2, 0) is 11.3 Å². The highest BCUT2D eigenvalue weighted by atomic mass is 35.5. The first-order chi connectivity index (χ1) is 9.47. The van der Waals surface area contributed by atoms with Crippen molar-refractivity contribution in [3.05, 3.63) is 34.6 Å². The molecule has 1 heterocycles. The van der Waals surface area contributed by atoms with Crippen LogP contribution in [0.3, 0.4) is 0 Å². The van der Waals surface area contributed by atoms with E-state index in [2.05, 4.69) is 4.90 Å². The van der Waals surface area contributed by atoms with Crippen LogP contribution in [0.2, 0.25) is 5.02 Å². The van der Waals surface area contributed by atoms with E-state index in [1.807, 2.05) is 0 Å². The van der Waals surface area contributed by atoms with Crippen molar-refractivity contribution < 1.29 is 14.3 Å². The summed E-state index contributed by atoms with van der Waals surface area (Å²) in [6.07, 6.45) is 0.352. The van der Waals surface area contributed by atoms with Gasteiger partial charge in [-0.2, -0.15) is 0 Å². The zero-order valence-electron chi connectivity index (χ0n) is 11.1. The third-order valence-electron chi connectivity index (χ3n) is 3.76. The van der Waals surface area contributed by atoms with Gasteiger partial charge in [-0.3, -0.25) is 9.69 Å². The van der Waals surface area contributed by atoms with Crippen molar-refractivity contribution in [3.8, 4) is 0 Å². The van der Waals surface area contributed by atoms with Gasteiger partial charge in [0.2, 0.25) is 5.91 Å². The van der Waals surface area contributed by atoms with Gasteiger partial charge >= 0.3 is 0 Å². The Morgan fingerprint density at radius 1 is 1.50 bits per heavy atom. The summed E-state index contributed by atoms with van der Waals surface area (Å²) >= 11 is 5.65. The fraction of sp³-hybridized carbons (Fsp3) is 0.500. The van der Waals surface area contributed by atoms with E-state index in [0.29, 0.717) is 19.4 Å². The zero-order chi connectivity index (χ0) is 14.7. The molecule has 110 valence electrons. The number of likely N-dealkylation sites (tertiary alicyclic amines) is 1. The van der Waals surface area contributed by atoms with Crippen molar-refractivity contribution in [2.75, 3.05) is 13.1 Å². The summed E-state index contributed by atoms with van der Waals surface area (Å²) in [5.41, 5.74) is 5.96. The topological polar surface area (TPSA) is 66.6 Å². The smallest absolute Gasteiger partial charge is 0.246 e. The van der Waals surface area contributed by atoms with Gasteiger partial charge in [0, 0.05) is 6.54 Å². The summed E-state index contributed by atoms with van der Waals surface area (Å²) in [7, 11) is 0. The molecule has 1 aromatic carbocycles. The van der Waals surface area contributed by atoms with Crippen LogP contribution in [0, 0.1) is 11.7 Å². The molecule has 2 rings (SSSR count). The Balaban J connectivity index is 1.88. The van der Waals surface area contributed by atoms with E-state index < -0.39 is 17.8 Å². The first-order valence-corrected chi connectivity index (χ1v) is 6.99. The van der Waals surface area contributed by atoms with Gasteiger partial charge in [0.1, 0.15) is 11.9 Å². The molecule has 0 radical (unpaired) electrons. The number of rotatable bonds is 4. The molecule has 1 aliphatic heterocycles. The Morgan fingerprint density at radius 2 is 2.15 bits per heavy atom. The number of hydrogen-bond acceptors (Lipinski definition) is 3. The molecule has 1 saturated heterocycles. The molecule has 0 bridgehead atoms. The molecule has 0 aromatic heterocycles. The van der Waals surface area contributed by atoms with Gasteiger partial charge in [0.15, 0.2) is 0 Å². The second kappa shape index (κ2) is 6.52. The number of nitrogens with zero attached hydrogens (tertiary/aromatic N) is 1. The quantitative estimate of drug-likeness (QED) is 0.886. The number of carbonyl (C=O) groups is 1. The second-order valence-corrected chi connectivity index (χ2v) is 5.62. The minimum Gasteiger partial charge on any atom is -0.383 e. The molecule has 1 aliphatic rings. The molecule has 0 saturated carbocycles. The minimum atomic E-state index is -1.06. The predicted molar refractivity (Wildman–Crippen MR) is 74.6 cm³/mol. The van der Waals surface area contributed by atoms with Gasteiger partial charge in [-0.15, -0.1) is 0 Å². The van der Waals surface area contributed by atoms with Crippen molar-refractivity contribution >= 4 is 17.5 Å². The van der Waals surface area contributed by atoms with E-state index in [0.717, 1.165) is 18.7 Å². The third-order valence-corrected chi connectivity index (χ3v) is 4.07. The minimum absolute atomic E-state index is 0.0781. The van der Waals surface area contributed by atoms with E-state index in [4.69, 9.17) is 17.3 Å². The molecule has 0 aliphatic carbocycles. The highest BCUT2D eigenvalue weighted by Gasteiger charge is 2.28. The number of halogens is 2. The number of hydrogen-bond donors (Lipinski definition) is 2. The van der Waals surface area contributed by atoms with Crippen molar-refractivity contribution in [2.24, 2.45) is 11.7 Å². The van der Waals surface area contributed by atoms with Crippen LogP contribution in [0.5, 0.6) is 0 Å². The highest BCUT2D eigenvalue weighted by molar-refractivity contribution is 6.30. The van der Waals surface area contributed by atoms with E-state index in [1.54, 1.807) is 12.1 Å². The van der Waals surface area contributed by atoms with Crippen LogP contribution in [0.1, 0.15) is 18.4 Å². The van der Waals surface area contributed by atoms with Gasteiger partial charge < -0.3 is 10.8 Å². The normalized spacial score (nSPS) is 18.9. The number of amides is 1. The predicted octanol–water partition coefficient (Wildman–Crippen LogP) is 1.54. The fourth-order valence-corrected chi connectivity index (χ4v) is 2.67. The Kier molecular flexibility index (Phi) is 4.96. The summed E-state index contributed by atoms with van der Waals surface area (Å²) in [5, 5.41) is 9.76. The van der Waals surface area contributed by atoms with E-state index in [-0.39, 0.29) is 10.9 Å². The zero-order valence-corrected chi connectivity index (χ0v) is 11.8. The van der Waals surface area contributed by atoms with Gasteiger partial charge in [-0.05, 0) is 49.5 Å². The average molecular weight is 301 g/mol. The first kappa shape index (κ1) is 15.2. The van der Waals surface area contributed by atoms with E-state index >= 15 is 0 Å². The van der Waals surface area contributed by atoms with Crippen LogP contribution < -0.4 is 5.73 Å². The largest absolute Gasteiger partial charge is 0.383 e. The molecule has 1 fully saturated rings. The molecule has 1 amide bonds. The van der Waals surface area contributed by atoms with Crippen molar-refractivity contribution in [1.82, 2.24) is 4.90 Å². The van der Waals surface area contributed by atoms with E-state index in [9.17, 15) is 14.3 Å². The molecule has 20 heavy (non-hydrogen) atoms. The number of carbonyl (C=O) groups excluding carboxylic acids is 1. The van der Waals surface area contributed by atoms with Crippen molar-refractivity contribution in [3.63, 3.8) is 0 Å². The summed E-state index contributed by atoms with van der Waals surface area (Å²) in [6.45, 7) is 2.13. The average Bonchev–Trinajstić information content (AvgIpc) is 2.43. The number of benzene rings is 1. The fourth-order valence-electron chi connectivity index (χ4n) is 2.56. The van der Waals surface area contributed by atoms with E-state index in [1.165, 1.54) is 6.07 Å². The summed E-state index contributed by atoms with van der Waals surface area (Å²) < 4.78 is 13.4. The highest BCUT2D eigenvalue weighted by Crippen LogP contribution is 2.23. The lowest BCUT2D eigenvalue weighted by atomic mass is 9.90.